The molecule has 0 spiro atoms. The zero-order chi connectivity index (χ0) is 34.9. The van der Waals surface area contributed by atoms with Crippen LogP contribution in [0.25, 0.3) is 5.69 Å². The van der Waals surface area contributed by atoms with Gasteiger partial charge < -0.3 is 24.0 Å². The lowest BCUT2D eigenvalue weighted by Crippen LogP contribution is -3.07. The Balaban J connectivity index is 0.930. The van der Waals surface area contributed by atoms with E-state index in [2.05, 4.69) is 49.3 Å². The van der Waals surface area contributed by atoms with E-state index in [9.17, 15) is 4.79 Å². The van der Waals surface area contributed by atoms with Gasteiger partial charge in [0.2, 0.25) is 6.34 Å². The second-order valence-corrected chi connectivity index (χ2v) is 13.1. The van der Waals surface area contributed by atoms with Crippen molar-refractivity contribution in [2.24, 2.45) is 10.1 Å². The average Bonchev–Trinajstić information content (AvgIpc) is 3.86. The third kappa shape index (κ3) is 7.10. The molecular formula is C35H39Cl2N8O4+. The number of aliphatic imine (C=N–C) groups is 1. The Labute approximate surface area is 296 Å². The van der Waals surface area contributed by atoms with E-state index in [1.165, 1.54) is 17.4 Å². The van der Waals surface area contributed by atoms with Crippen molar-refractivity contribution in [1.82, 2.24) is 14.3 Å². The van der Waals surface area contributed by atoms with Crippen LogP contribution < -0.4 is 25.2 Å². The van der Waals surface area contributed by atoms with E-state index >= 15 is 0 Å². The number of ether oxygens (including phenoxy) is 3. The minimum Gasteiger partial charge on any atom is -0.491 e. The molecule has 4 heterocycles. The van der Waals surface area contributed by atoms with E-state index in [4.69, 9.17) is 38.8 Å². The molecule has 14 heteroatoms. The standard InChI is InChI=1S/C35H38Cl2N8O4/c1-3-25(2)45-34(46)44(24-40-45)29-7-5-27(6-8-29)41-14-16-42(17-15-41)28-9-11-30(12-10-28)47-19-31-20-48-35(49-31,21-43-23-38-22-39-43)32-13-4-26(36)18-33(32)37/h4-13,18,22-25,31H,3,14-17,19-21H2,1-2H3/p+1/i/hD. The molecule has 12 nitrogen and oxygen atoms in total. The minimum atomic E-state index is -1.34. The van der Waals surface area contributed by atoms with Crippen LogP contribution in [0.4, 0.5) is 11.4 Å². The van der Waals surface area contributed by atoms with Crippen molar-refractivity contribution in [3.05, 3.63) is 99.2 Å². The van der Waals surface area contributed by atoms with Gasteiger partial charge in [0.25, 0.3) is 5.79 Å². The van der Waals surface area contributed by atoms with Crippen LogP contribution in [-0.2, 0) is 15.3 Å². The van der Waals surface area contributed by atoms with Crippen LogP contribution in [0.3, 0.4) is 0 Å². The Morgan fingerprint density at radius 3 is 2.33 bits per heavy atom. The molecule has 49 heavy (non-hydrogen) atoms. The maximum Gasteiger partial charge on any atom is 0.387 e. The summed E-state index contributed by atoms with van der Waals surface area (Å²) >= 11 is 12.7. The summed E-state index contributed by atoms with van der Waals surface area (Å²) in [5.41, 5.74) is 3.50. The van der Waals surface area contributed by atoms with Gasteiger partial charge in [-0.3, -0.25) is 0 Å². The fraction of sp³-hybridized carbons (Fsp3) is 0.371. The molecule has 2 fully saturated rings. The summed E-state index contributed by atoms with van der Waals surface area (Å²) in [5.74, 6) is -0.622. The van der Waals surface area contributed by atoms with Gasteiger partial charge in [0.15, 0.2) is 12.9 Å². The number of anilines is 2. The first-order valence-corrected chi connectivity index (χ1v) is 17.2. The van der Waals surface area contributed by atoms with Crippen molar-refractivity contribution >= 4 is 47.3 Å². The van der Waals surface area contributed by atoms with Crippen molar-refractivity contribution in [3.8, 4) is 11.4 Å². The maximum atomic E-state index is 12.8. The van der Waals surface area contributed by atoms with E-state index in [0.717, 1.165) is 49.7 Å². The summed E-state index contributed by atoms with van der Waals surface area (Å²) in [4.78, 5) is 21.5. The number of rotatable bonds is 11. The first-order chi connectivity index (χ1) is 24.1. The van der Waals surface area contributed by atoms with E-state index < -0.39 is 16.9 Å². The molecule has 4 aromatic rings. The number of piperazine rings is 1. The molecule has 1 N–H and O–H groups in total. The smallest absolute Gasteiger partial charge is 0.387 e. The van der Waals surface area contributed by atoms with Crippen LogP contribution in [0.5, 0.6) is 5.75 Å². The molecule has 2 saturated heterocycles. The van der Waals surface area contributed by atoms with Crippen LogP contribution in [-0.4, -0.2) is 79.1 Å². The van der Waals surface area contributed by atoms with Crippen molar-refractivity contribution in [2.75, 3.05) is 55.7 Å². The average molecular weight is 708 g/mol. The highest BCUT2D eigenvalue weighted by atomic mass is 35.5. The molecule has 4 unspecified atom stereocenters. The van der Waals surface area contributed by atoms with Gasteiger partial charge in [-0.2, -0.15) is 15.1 Å². The summed E-state index contributed by atoms with van der Waals surface area (Å²) in [5, 5.41) is 8.70. The summed E-state index contributed by atoms with van der Waals surface area (Å²) in [6, 6.07) is 21.3. The van der Waals surface area contributed by atoms with Gasteiger partial charge in [-0.25, -0.2) is 14.0 Å². The van der Waals surface area contributed by atoms with E-state index in [0.29, 0.717) is 21.4 Å². The first kappa shape index (κ1) is 32.0. The van der Waals surface area contributed by atoms with E-state index in [1.54, 1.807) is 29.1 Å². The predicted molar refractivity (Wildman–Crippen MR) is 191 cm³/mol. The van der Waals surface area contributed by atoms with Crippen LogP contribution in [0.1, 0.15) is 31.9 Å². The number of nitrogens with one attached hydrogen (secondary N) is 1. The highest BCUT2D eigenvalue weighted by Gasteiger charge is 2.48. The third-order valence-electron chi connectivity index (χ3n) is 9.15. The Morgan fingerprint density at radius 2 is 1.69 bits per heavy atom. The normalized spacial score (nSPS) is 24.4. The van der Waals surface area contributed by atoms with Crippen molar-refractivity contribution in [1.29, 1.82) is 0 Å². The molecule has 0 amide bonds. The molecule has 3 aliphatic heterocycles. The molecule has 3 aromatic carbocycles. The van der Waals surface area contributed by atoms with Crippen LogP contribution in [0.15, 0.2) is 87.9 Å². The molecule has 0 aliphatic carbocycles. The third-order valence-corrected chi connectivity index (χ3v) is 9.70. The summed E-state index contributed by atoms with van der Waals surface area (Å²) in [6.07, 6.45) is 4.76. The van der Waals surface area contributed by atoms with Crippen LogP contribution in [0.2, 0.25) is 11.5 Å². The summed E-state index contributed by atoms with van der Waals surface area (Å²) < 4.78 is 30.6. The Bertz CT molecular complexity index is 1920. The number of aromatic nitrogens is 3. The molecule has 7 rings (SSSR count). The second kappa shape index (κ2) is 14.3. The number of nitrogens with zero attached hydrogens (tertiary/aromatic N) is 7. The van der Waals surface area contributed by atoms with Gasteiger partial charge in [-0.05, 0) is 74.0 Å². The minimum absolute atomic E-state index is 0.00439. The molecule has 0 radical (unpaired) electrons. The Morgan fingerprint density at radius 1 is 1.02 bits per heavy atom. The molecule has 256 valence electrons. The molecule has 0 saturated carbocycles. The second-order valence-electron chi connectivity index (χ2n) is 12.3. The van der Waals surface area contributed by atoms with Crippen molar-refractivity contribution < 1.29 is 20.6 Å². The predicted octanol–water partition coefficient (Wildman–Crippen LogP) is 4.16. The summed E-state index contributed by atoms with van der Waals surface area (Å²) in [6.45, 7) is 8.02. The van der Waals surface area contributed by atoms with Crippen LogP contribution >= 0.6 is 23.2 Å². The van der Waals surface area contributed by atoms with E-state index in [-0.39, 0.29) is 31.5 Å². The highest BCUT2D eigenvalue weighted by molar-refractivity contribution is 6.35. The van der Waals surface area contributed by atoms with Crippen molar-refractivity contribution in [2.45, 2.75) is 38.2 Å². The van der Waals surface area contributed by atoms with Gasteiger partial charge in [-0.15, -0.1) is 0 Å². The lowest BCUT2D eigenvalue weighted by molar-refractivity contribution is -0.817. The fourth-order valence-electron chi connectivity index (χ4n) is 6.24. The number of halogens is 2. The summed E-state index contributed by atoms with van der Waals surface area (Å²) in [7, 11) is 0. The maximum absolute atomic E-state index is 12.8. The van der Waals surface area contributed by atoms with Gasteiger partial charge in [-0.1, -0.05) is 41.3 Å². The van der Waals surface area contributed by atoms with Gasteiger partial charge in [0.1, 0.15) is 24.8 Å². The lowest BCUT2D eigenvalue weighted by atomic mass is 10.1. The van der Waals surface area contributed by atoms with Crippen molar-refractivity contribution in [3.63, 3.8) is 0 Å². The molecule has 1 aromatic heterocycles. The lowest BCUT2D eigenvalue weighted by Gasteiger charge is -2.37. The quantitative estimate of drug-likeness (QED) is 0.250. The molecule has 0 bridgehead atoms. The number of quaternary nitrogens is 1. The van der Waals surface area contributed by atoms with E-state index in [1.807, 2.05) is 38.1 Å². The van der Waals surface area contributed by atoms with Gasteiger partial charge in [0.05, 0.1) is 23.4 Å². The Kier molecular flexibility index (Phi) is 9.37. The molecule has 4 atom stereocenters. The molecule has 3 aliphatic rings. The Hall–Kier alpha value is -4.20. The zero-order valence-corrected chi connectivity index (χ0v) is 28.9. The van der Waals surface area contributed by atoms with Gasteiger partial charge >= 0.3 is 7.10 Å². The largest absolute Gasteiger partial charge is 0.491 e. The van der Waals surface area contributed by atoms with Crippen LogP contribution in [0, 0.1) is 0 Å². The number of benzene rings is 3. The molecular weight excluding hydrogens is 667 g/mol. The number of hydrogen-bond donors (Lipinski definition) is 1. The fourth-order valence-corrected chi connectivity index (χ4v) is 6.79. The number of hydrogen-bond acceptors (Lipinski definition) is 9. The zero-order valence-electron chi connectivity index (χ0n) is 28.4. The first-order valence-electron chi connectivity index (χ1n) is 16.9. The topological polar surface area (TPSA) is 103 Å². The van der Waals surface area contributed by atoms with Gasteiger partial charge in [0, 0.05) is 48.1 Å². The SMILES string of the molecule is [2H][N+]1(CC2(c3ccc(Cl)cc3Cl)OCC(COc3ccc(N4CCN(c5ccc(-n6cnn(C(C)CC)c6=O)cc5)CC4)cc3)O2)C=NC=N1. The monoisotopic (exact) mass is 706 g/mol. The highest BCUT2D eigenvalue weighted by Crippen LogP contribution is 2.38.